The van der Waals surface area contributed by atoms with E-state index in [9.17, 15) is 4.79 Å². The summed E-state index contributed by atoms with van der Waals surface area (Å²) >= 11 is 1.57. The Kier molecular flexibility index (Phi) is 5.87. The zero-order valence-electron chi connectivity index (χ0n) is 17.3. The zero-order valence-corrected chi connectivity index (χ0v) is 18.1. The van der Waals surface area contributed by atoms with Crippen LogP contribution in [0.5, 0.6) is 5.75 Å². The van der Waals surface area contributed by atoms with E-state index in [0.29, 0.717) is 12.2 Å². The van der Waals surface area contributed by atoms with Crippen LogP contribution < -0.4 is 4.74 Å². The maximum Gasteiger partial charge on any atom is 0.274 e. The number of ether oxygens (including phenoxy) is 1. The van der Waals surface area contributed by atoms with E-state index >= 15 is 0 Å². The summed E-state index contributed by atoms with van der Waals surface area (Å²) in [7, 11) is 3.77. The van der Waals surface area contributed by atoms with Gasteiger partial charge in [0.15, 0.2) is 10.7 Å². The summed E-state index contributed by atoms with van der Waals surface area (Å²) in [5.41, 5.74) is 2.75. The minimum absolute atomic E-state index is 0.0676. The molecule has 154 valence electrons. The van der Waals surface area contributed by atoms with Crippen LogP contribution in [0.2, 0.25) is 0 Å². The average Bonchev–Trinajstić information content (AvgIpc) is 3.36. The van der Waals surface area contributed by atoms with Crippen LogP contribution in [-0.4, -0.2) is 52.3 Å². The molecule has 0 spiro atoms. The molecule has 6 nitrogen and oxygen atoms in total. The third kappa shape index (κ3) is 4.02. The summed E-state index contributed by atoms with van der Waals surface area (Å²) in [6, 6.07) is 8.32. The number of imidazole rings is 1. The molecule has 0 radical (unpaired) electrons. The molecular weight excluding hydrogens is 384 g/mol. The van der Waals surface area contributed by atoms with Crippen LogP contribution in [0.4, 0.5) is 0 Å². The topological polar surface area (TPSA) is 50.1 Å². The number of fused-ring (bicyclic) bond motifs is 1. The molecule has 3 aromatic rings. The van der Waals surface area contributed by atoms with Crippen molar-refractivity contribution < 1.29 is 9.53 Å². The molecule has 29 heavy (non-hydrogen) atoms. The highest BCUT2D eigenvalue weighted by Gasteiger charge is 2.27. The van der Waals surface area contributed by atoms with Crippen LogP contribution in [0.15, 0.2) is 35.8 Å². The Morgan fingerprint density at radius 3 is 2.86 bits per heavy atom. The fourth-order valence-corrected chi connectivity index (χ4v) is 4.66. The van der Waals surface area contributed by atoms with Crippen LogP contribution >= 0.6 is 11.3 Å². The average molecular weight is 413 g/mol. The molecule has 3 heterocycles. The number of carbonyl (C=O) groups excluding carboxylic acids is 1. The lowest BCUT2D eigenvalue weighted by atomic mass is 10.1. The van der Waals surface area contributed by atoms with Gasteiger partial charge in [-0.3, -0.25) is 14.1 Å². The van der Waals surface area contributed by atoms with Crippen molar-refractivity contribution >= 4 is 22.2 Å². The standard InChI is InChI=1S/C22H28N4O2S/c1-16(17-8-7-9-18(14-17)28-3)24(2)15-19-20(23-22-26(19)12-13-29-22)21(27)25-10-5-4-6-11-25/h7-9,12-14,16H,4-6,10-11,15H2,1-3H3/t16-/m1/s1. The second-order valence-electron chi connectivity index (χ2n) is 7.68. The first-order valence-electron chi connectivity index (χ1n) is 10.2. The molecule has 7 heteroatoms. The minimum Gasteiger partial charge on any atom is -0.497 e. The van der Waals surface area contributed by atoms with E-state index in [1.54, 1.807) is 18.4 Å². The van der Waals surface area contributed by atoms with Crippen molar-refractivity contribution in [1.82, 2.24) is 19.2 Å². The van der Waals surface area contributed by atoms with Gasteiger partial charge in [0.25, 0.3) is 5.91 Å². The lowest BCUT2D eigenvalue weighted by Gasteiger charge is -2.28. The number of aromatic nitrogens is 2. The predicted octanol–water partition coefficient (Wildman–Crippen LogP) is 4.22. The first kappa shape index (κ1) is 19.9. The lowest BCUT2D eigenvalue weighted by molar-refractivity contribution is 0.0716. The largest absolute Gasteiger partial charge is 0.497 e. The molecule has 1 aromatic carbocycles. The van der Waals surface area contributed by atoms with Crippen molar-refractivity contribution in [2.24, 2.45) is 0 Å². The normalized spacial score (nSPS) is 15.8. The summed E-state index contributed by atoms with van der Waals surface area (Å²) in [6.07, 6.45) is 5.38. The van der Waals surface area contributed by atoms with E-state index in [4.69, 9.17) is 9.72 Å². The smallest absolute Gasteiger partial charge is 0.274 e. The van der Waals surface area contributed by atoms with E-state index in [1.165, 1.54) is 12.0 Å². The first-order valence-corrected chi connectivity index (χ1v) is 11.0. The number of likely N-dealkylation sites (tertiary alicyclic amines) is 1. The molecular formula is C22H28N4O2S. The van der Waals surface area contributed by atoms with Gasteiger partial charge in [0.05, 0.1) is 12.8 Å². The SMILES string of the molecule is COc1cccc([C@@H](C)N(C)Cc2c(C(=O)N3CCCCC3)nc3sccn23)c1. The molecule has 1 atom stereocenters. The highest BCUT2D eigenvalue weighted by Crippen LogP contribution is 2.27. The Labute approximate surface area is 175 Å². The van der Waals surface area contributed by atoms with Crippen LogP contribution in [0.25, 0.3) is 4.96 Å². The Morgan fingerprint density at radius 1 is 1.31 bits per heavy atom. The number of hydrogen-bond acceptors (Lipinski definition) is 5. The number of carbonyl (C=O) groups is 1. The minimum atomic E-state index is 0.0676. The molecule has 1 fully saturated rings. The fourth-order valence-electron chi connectivity index (χ4n) is 3.93. The maximum absolute atomic E-state index is 13.2. The van der Waals surface area contributed by atoms with Gasteiger partial charge >= 0.3 is 0 Å². The number of methoxy groups -OCH3 is 1. The Bertz CT molecular complexity index is 990. The van der Waals surface area contributed by atoms with E-state index in [-0.39, 0.29) is 11.9 Å². The van der Waals surface area contributed by atoms with Crippen LogP contribution in [0.3, 0.4) is 0 Å². The second-order valence-corrected chi connectivity index (χ2v) is 8.56. The van der Waals surface area contributed by atoms with Crippen LogP contribution in [-0.2, 0) is 6.54 Å². The molecule has 0 saturated carbocycles. The summed E-state index contributed by atoms with van der Waals surface area (Å²) < 4.78 is 7.44. The van der Waals surface area contributed by atoms with E-state index < -0.39 is 0 Å². The summed E-state index contributed by atoms with van der Waals surface area (Å²) in [5.74, 6) is 0.923. The van der Waals surface area contributed by atoms with Gasteiger partial charge in [0.1, 0.15) is 5.75 Å². The van der Waals surface area contributed by atoms with Gasteiger partial charge in [-0.2, -0.15) is 0 Å². The van der Waals surface area contributed by atoms with E-state index in [1.807, 2.05) is 28.6 Å². The molecule has 2 aromatic heterocycles. The monoisotopic (exact) mass is 412 g/mol. The van der Waals surface area contributed by atoms with Gasteiger partial charge in [0.2, 0.25) is 0 Å². The van der Waals surface area contributed by atoms with Crippen molar-refractivity contribution in [3.63, 3.8) is 0 Å². The van der Waals surface area contributed by atoms with Crippen molar-refractivity contribution in [3.05, 3.63) is 52.8 Å². The van der Waals surface area contributed by atoms with E-state index in [2.05, 4.69) is 35.4 Å². The lowest BCUT2D eigenvalue weighted by Crippen LogP contribution is -2.36. The second kappa shape index (κ2) is 8.55. The van der Waals surface area contributed by atoms with Gasteiger partial charge < -0.3 is 9.64 Å². The Morgan fingerprint density at radius 2 is 2.10 bits per heavy atom. The summed E-state index contributed by atoms with van der Waals surface area (Å²) in [4.78, 5) is 23.0. The maximum atomic E-state index is 13.2. The van der Waals surface area contributed by atoms with E-state index in [0.717, 1.165) is 42.3 Å². The quantitative estimate of drug-likeness (QED) is 0.608. The van der Waals surface area contributed by atoms with Crippen molar-refractivity contribution in [2.45, 2.75) is 38.8 Å². The third-order valence-electron chi connectivity index (χ3n) is 5.84. The zero-order chi connectivity index (χ0) is 20.4. The van der Waals surface area contributed by atoms with Crippen molar-refractivity contribution in [3.8, 4) is 5.75 Å². The number of benzene rings is 1. The Hall–Kier alpha value is -2.38. The van der Waals surface area contributed by atoms with Crippen LogP contribution in [0, 0.1) is 0 Å². The number of amides is 1. The summed E-state index contributed by atoms with van der Waals surface area (Å²) in [5, 5.41) is 2.02. The highest BCUT2D eigenvalue weighted by atomic mass is 32.1. The van der Waals surface area contributed by atoms with Gasteiger partial charge in [-0.15, -0.1) is 11.3 Å². The molecule has 1 aliphatic heterocycles. The first-order chi connectivity index (χ1) is 14.1. The Balaban J connectivity index is 1.60. The van der Waals surface area contributed by atoms with Gasteiger partial charge in [0, 0.05) is 37.3 Å². The highest BCUT2D eigenvalue weighted by molar-refractivity contribution is 7.15. The molecule has 0 N–H and O–H groups in total. The molecule has 1 saturated heterocycles. The number of nitrogens with zero attached hydrogens (tertiary/aromatic N) is 4. The van der Waals surface area contributed by atoms with Crippen molar-refractivity contribution in [2.75, 3.05) is 27.2 Å². The van der Waals surface area contributed by atoms with Gasteiger partial charge in [-0.1, -0.05) is 12.1 Å². The molecule has 0 unspecified atom stereocenters. The molecule has 0 aliphatic carbocycles. The number of thiazole rings is 1. The molecule has 0 bridgehead atoms. The predicted molar refractivity (Wildman–Crippen MR) is 116 cm³/mol. The van der Waals surface area contributed by atoms with Gasteiger partial charge in [-0.05, 0) is 50.9 Å². The molecule has 1 aliphatic rings. The number of hydrogen-bond donors (Lipinski definition) is 0. The van der Waals surface area contributed by atoms with Crippen molar-refractivity contribution in [1.29, 1.82) is 0 Å². The summed E-state index contributed by atoms with van der Waals surface area (Å²) in [6.45, 7) is 4.48. The molecule has 1 amide bonds. The number of piperidine rings is 1. The third-order valence-corrected chi connectivity index (χ3v) is 6.60. The molecule has 4 rings (SSSR count). The number of rotatable bonds is 6. The fraction of sp³-hybridized carbons (Fsp3) is 0.455. The van der Waals surface area contributed by atoms with Gasteiger partial charge in [-0.25, -0.2) is 4.98 Å². The van der Waals surface area contributed by atoms with Crippen LogP contribution in [0.1, 0.15) is 54.0 Å².